The Morgan fingerprint density at radius 2 is 1.92 bits per heavy atom. The van der Waals surface area contributed by atoms with Crippen LogP contribution in [0.15, 0.2) is 4.99 Å². The van der Waals surface area contributed by atoms with Crippen molar-refractivity contribution >= 4 is 16.0 Å². The van der Waals surface area contributed by atoms with E-state index < -0.39 is 10.0 Å². The lowest BCUT2D eigenvalue weighted by Gasteiger charge is -2.39. The molecule has 0 bridgehead atoms. The molecule has 0 radical (unpaired) electrons. The van der Waals surface area contributed by atoms with E-state index in [9.17, 15) is 8.42 Å². The van der Waals surface area contributed by atoms with Gasteiger partial charge in [0.05, 0.1) is 5.75 Å². The van der Waals surface area contributed by atoms with Gasteiger partial charge in [-0.1, -0.05) is 25.7 Å². The molecule has 3 aliphatic rings. The SMILES string of the molecule is CN=C(NCCN1CCCS1(=O)=O)NC1CCC2CCCCC2C1. The molecular formula is C17H32N4O2S. The van der Waals surface area contributed by atoms with E-state index >= 15 is 0 Å². The second kappa shape index (κ2) is 8.04. The first-order valence-electron chi connectivity index (χ1n) is 9.53. The smallest absolute Gasteiger partial charge is 0.214 e. The van der Waals surface area contributed by atoms with Gasteiger partial charge in [0.15, 0.2) is 5.96 Å². The van der Waals surface area contributed by atoms with E-state index in [2.05, 4.69) is 15.6 Å². The first kappa shape index (κ1) is 18.0. The second-order valence-corrected chi connectivity index (χ2v) is 9.62. The Hall–Kier alpha value is -0.820. The topological polar surface area (TPSA) is 73.8 Å². The van der Waals surface area contributed by atoms with Crippen LogP contribution in [0.25, 0.3) is 0 Å². The largest absolute Gasteiger partial charge is 0.355 e. The molecule has 3 atom stereocenters. The lowest BCUT2D eigenvalue weighted by atomic mass is 9.69. The van der Waals surface area contributed by atoms with Crippen molar-refractivity contribution in [2.75, 3.05) is 32.4 Å². The Morgan fingerprint density at radius 1 is 1.12 bits per heavy atom. The maximum absolute atomic E-state index is 11.8. The summed E-state index contributed by atoms with van der Waals surface area (Å²) >= 11 is 0. The Morgan fingerprint density at radius 3 is 2.62 bits per heavy atom. The zero-order valence-electron chi connectivity index (χ0n) is 14.8. The van der Waals surface area contributed by atoms with Gasteiger partial charge in [0, 0.05) is 32.7 Å². The number of sulfonamides is 1. The molecule has 0 spiro atoms. The predicted molar refractivity (Wildman–Crippen MR) is 97.6 cm³/mol. The molecule has 2 N–H and O–H groups in total. The van der Waals surface area contributed by atoms with Gasteiger partial charge >= 0.3 is 0 Å². The second-order valence-electron chi connectivity index (χ2n) is 7.53. The van der Waals surface area contributed by atoms with Crippen LogP contribution in [0, 0.1) is 11.8 Å². The van der Waals surface area contributed by atoms with Gasteiger partial charge in [-0.2, -0.15) is 0 Å². The van der Waals surface area contributed by atoms with E-state index in [0.29, 0.717) is 31.4 Å². The fraction of sp³-hybridized carbons (Fsp3) is 0.941. The molecule has 0 aromatic heterocycles. The molecule has 1 aliphatic heterocycles. The summed E-state index contributed by atoms with van der Waals surface area (Å²) in [4.78, 5) is 4.31. The lowest BCUT2D eigenvalue weighted by molar-refractivity contribution is 0.150. The number of fused-ring (bicyclic) bond motifs is 1. The minimum absolute atomic E-state index is 0.296. The minimum atomic E-state index is -3.00. The molecule has 1 heterocycles. The summed E-state index contributed by atoms with van der Waals surface area (Å²) in [6.45, 7) is 1.79. The predicted octanol–water partition coefficient (Wildman–Crippen LogP) is 1.55. The van der Waals surface area contributed by atoms with Crippen LogP contribution < -0.4 is 10.6 Å². The van der Waals surface area contributed by atoms with Crippen LogP contribution >= 0.6 is 0 Å². The van der Waals surface area contributed by atoms with Crippen molar-refractivity contribution in [2.45, 2.75) is 57.4 Å². The fourth-order valence-corrected chi connectivity index (χ4v) is 6.16. The molecule has 3 fully saturated rings. The Kier molecular flexibility index (Phi) is 6.02. The Labute approximate surface area is 146 Å². The maximum atomic E-state index is 11.8. The van der Waals surface area contributed by atoms with Gasteiger partial charge in [0.2, 0.25) is 10.0 Å². The molecule has 0 amide bonds. The van der Waals surface area contributed by atoms with Crippen LogP contribution in [0.1, 0.15) is 51.4 Å². The first-order chi connectivity index (χ1) is 11.6. The molecule has 0 aromatic rings. The number of nitrogens with zero attached hydrogens (tertiary/aromatic N) is 2. The van der Waals surface area contributed by atoms with Gasteiger partial charge in [0.1, 0.15) is 0 Å². The molecule has 3 unspecified atom stereocenters. The molecule has 1 saturated heterocycles. The number of hydrogen-bond acceptors (Lipinski definition) is 3. The average Bonchev–Trinajstić information content (AvgIpc) is 2.92. The van der Waals surface area contributed by atoms with Crippen molar-refractivity contribution in [3.63, 3.8) is 0 Å². The number of aliphatic imine (C=N–C) groups is 1. The van der Waals surface area contributed by atoms with Crippen molar-refractivity contribution in [3.05, 3.63) is 0 Å². The highest BCUT2D eigenvalue weighted by Gasteiger charge is 2.32. The standard InChI is InChI=1S/C17H32N4O2S/c1-18-17(19-9-11-21-10-4-12-24(21,22)23)20-16-8-7-14-5-2-3-6-15(14)13-16/h14-16H,2-13H2,1H3,(H2,18,19,20). The van der Waals surface area contributed by atoms with Crippen molar-refractivity contribution in [1.82, 2.24) is 14.9 Å². The monoisotopic (exact) mass is 356 g/mol. The van der Waals surface area contributed by atoms with Gasteiger partial charge in [-0.3, -0.25) is 4.99 Å². The summed E-state index contributed by atoms with van der Waals surface area (Å²) in [6, 6.07) is 0.506. The van der Waals surface area contributed by atoms with Gasteiger partial charge < -0.3 is 10.6 Å². The van der Waals surface area contributed by atoms with Crippen molar-refractivity contribution in [1.29, 1.82) is 0 Å². The summed E-state index contributed by atoms with van der Waals surface area (Å²) in [5.41, 5.74) is 0. The maximum Gasteiger partial charge on any atom is 0.214 e. The van der Waals surface area contributed by atoms with Crippen LogP contribution in [-0.4, -0.2) is 57.2 Å². The molecule has 7 heteroatoms. The summed E-state index contributed by atoms with van der Waals surface area (Å²) < 4.78 is 25.2. The van der Waals surface area contributed by atoms with Gasteiger partial charge in [-0.25, -0.2) is 12.7 Å². The summed E-state index contributed by atoms with van der Waals surface area (Å²) in [5, 5.41) is 6.84. The normalized spacial score (nSPS) is 33.9. The number of nitrogens with one attached hydrogen (secondary N) is 2. The van der Waals surface area contributed by atoms with Crippen LogP contribution in [-0.2, 0) is 10.0 Å². The summed E-state index contributed by atoms with van der Waals surface area (Å²) in [5.74, 6) is 2.95. The van der Waals surface area contributed by atoms with Crippen LogP contribution in [0.4, 0.5) is 0 Å². The van der Waals surface area contributed by atoms with E-state index in [0.717, 1.165) is 24.2 Å². The van der Waals surface area contributed by atoms with Crippen molar-refractivity contribution < 1.29 is 8.42 Å². The third kappa shape index (κ3) is 4.42. The molecule has 3 rings (SSSR count). The zero-order valence-corrected chi connectivity index (χ0v) is 15.7. The molecule has 2 aliphatic carbocycles. The van der Waals surface area contributed by atoms with Gasteiger partial charge in [0.25, 0.3) is 0 Å². The highest BCUT2D eigenvalue weighted by Crippen LogP contribution is 2.40. The Balaban J connectivity index is 1.42. The molecular weight excluding hydrogens is 324 g/mol. The molecule has 0 aromatic carbocycles. The van der Waals surface area contributed by atoms with E-state index in [-0.39, 0.29) is 0 Å². The van der Waals surface area contributed by atoms with Gasteiger partial charge in [-0.05, 0) is 37.5 Å². The Bertz CT molecular complexity index is 549. The lowest BCUT2D eigenvalue weighted by Crippen LogP contribution is -2.48. The number of guanidine groups is 1. The van der Waals surface area contributed by atoms with Crippen LogP contribution in [0.3, 0.4) is 0 Å². The van der Waals surface area contributed by atoms with E-state index in [1.54, 1.807) is 11.4 Å². The summed E-state index contributed by atoms with van der Waals surface area (Å²) in [7, 11) is -1.21. The van der Waals surface area contributed by atoms with Gasteiger partial charge in [-0.15, -0.1) is 0 Å². The minimum Gasteiger partial charge on any atom is -0.355 e. The fourth-order valence-electron chi connectivity index (χ4n) is 4.63. The van der Waals surface area contributed by atoms with Crippen molar-refractivity contribution in [3.8, 4) is 0 Å². The molecule has 24 heavy (non-hydrogen) atoms. The molecule has 6 nitrogen and oxygen atoms in total. The van der Waals surface area contributed by atoms with E-state index in [1.807, 2.05) is 0 Å². The van der Waals surface area contributed by atoms with Crippen LogP contribution in [0.2, 0.25) is 0 Å². The van der Waals surface area contributed by atoms with E-state index in [1.165, 1.54) is 44.9 Å². The number of rotatable bonds is 4. The number of hydrogen-bond donors (Lipinski definition) is 2. The third-order valence-corrected chi connectivity index (χ3v) is 7.92. The third-order valence-electron chi connectivity index (χ3n) is 5.96. The molecule has 2 saturated carbocycles. The highest BCUT2D eigenvalue weighted by atomic mass is 32.2. The zero-order chi connectivity index (χ0) is 17.0. The average molecular weight is 357 g/mol. The highest BCUT2D eigenvalue weighted by molar-refractivity contribution is 7.89. The molecule has 138 valence electrons. The first-order valence-corrected chi connectivity index (χ1v) is 11.1. The quantitative estimate of drug-likeness (QED) is 0.592. The van der Waals surface area contributed by atoms with E-state index in [4.69, 9.17) is 0 Å². The summed E-state index contributed by atoms with van der Waals surface area (Å²) in [6.07, 6.45) is 10.2. The van der Waals surface area contributed by atoms with Crippen LogP contribution in [0.5, 0.6) is 0 Å². The van der Waals surface area contributed by atoms with Crippen molar-refractivity contribution in [2.24, 2.45) is 16.8 Å².